The minimum atomic E-state index is -0.0188. The van der Waals surface area contributed by atoms with Crippen LogP contribution in [0.1, 0.15) is 33.5 Å². The fraction of sp³-hybridized carbons (Fsp3) is 0.381. The van der Waals surface area contributed by atoms with E-state index in [1.54, 1.807) is 7.11 Å². The number of fused-ring (bicyclic) bond motifs is 1. The Kier molecular flexibility index (Phi) is 5.71. The molecule has 0 unspecified atom stereocenters. The summed E-state index contributed by atoms with van der Waals surface area (Å²) in [7, 11) is 1.64. The number of hydrogen-bond donors (Lipinski definition) is 1. The fourth-order valence-electron chi connectivity index (χ4n) is 3.37. The maximum atomic E-state index is 12.2. The second-order valence-electron chi connectivity index (χ2n) is 6.59. The van der Waals surface area contributed by atoms with Crippen LogP contribution in [0.3, 0.4) is 0 Å². The lowest BCUT2D eigenvalue weighted by molar-refractivity contribution is 0.0951. The van der Waals surface area contributed by atoms with Crippen molar-refractivity contribution in [3.8, 4) is 5.75 Å². The van der Waals surface area contributed by atoms with Crippen LogP contribution in [0.2, 0.25) is 0 Å². The van der Waals surface area contributed by atoms with Gasteiger partial charge in [-0.2, -0.15) is 0 Å². The quantitative estimate of drug-likeness (QED) is 0.823. The normalized spacial score (nSPS) is 14.0. The molecule has 0 saturated heterocycles. The van der Waals surface area contributed by atoms with Gasteiger partial charge in [0.15, 0.2) is 0 Å². The van der Waals surface area contributed by atoms with Gasteiger partial charge in [0.2, 0.25) is 0 Å². The van der Waals surface area contributed by atoms with E-state index in [4.69, 9.17) is 4.74 Å². The highest BCUT2D eigenvalue weighted by Gasteiger charge is 2.15. The summed E-state index contributed by atoms with van der Waals surface area (Å²) >= 11 is 0. The van der Waals surface area contributed by atoms with Crippen molar-refractivity contribution < 1.29 is 9.53 Å². The standard InChI is InChI=1S/C21H26N2O2/c1-16-14-18(8-9-20(16)25-2)21(24)22-11-5-12-23-13-10-17-6-3-4-7-19(17)15-23/h3-4,6-9,14H,5,10-13,15H2,1-2H3,(H,22,24). The van der Waals surface area contributed by atoms with Gasteiger partial charge >= 0.3 is 0 Å². The molecule has 0 atom stereocenters. The van der Waals surface area contributed by atoms with Gasteiger partial charge in [0.05, 0.1) is 7.11 Å². The lowest BCUT2D eigenvalue weighted by Gasteiger charge is -2.28. The molecule has 0 aliphatic carbocycles. The number of aryl methyl sites for hydroxylation is 1. The number of hydrogen-bond acceptors (Lipinski definition) is 3. The summed E-state index contributed by atoms with van der Waals surface area (Å²) < 4.78 is 5.23. The SMILES string of the molecule is COc1ccc(C(=O)NCCCN2CCc3ccccc3C2)cc1C. The molecule has 1 aliphatic heterocycles. The molecule has 1 N–H and O–H groups in total. The van der Waals surface area contributed by atoms with E-state index < -0.39 is 0 Å². The van der Waals surface area contributed by atoms with Crippen LogP contribution in [0.25, 0.3) is 0 Å². The molecule has 1 amide bonds. The van der Waals surface area contributed by atoms with E-state index in [9.17, 15) is 4.79 Å². The zero-order chi connectivity index (χ0) is 17.6. The van der Waals surface area contributed by atoms with Crippen LogP contribution in [0, 0.1) is 6.92 Å². The number of ether oxygens (including phenoxy) is 1. The van der Waals surface area contributed by atoms with E-state index in [1.807, 2.05) is 25.1 Å². The van der Waals surface area contributed by atoms with Gasteiger partial charge in [-0.15, -0.1) is 0 Å². The van der Waals surface area contributed by atoms with Crippen LogP contribution in [-0.2, 0) is 13.0 Å². The molecule has 1 aliphatic rings. The Bertz CT molecular complexity index is 742. The topological polar surface area (TPSA) is 41.6 Å². The molecule has 0 spiro atoms. The molecule has 2 aromatic rings. The number of amides is 1. The highest BCUT2D eigenvalue weighted by molar-refractivity contribution is 5.94. The lowest BCUT2D eigenvalue weighted by Crippen LogP contribution is -2.33. The van der Waals surface area contributed by atoms with Crippen molar-refractivity contribution in [1.82, 2.24) is 10.2 Å². The summed E-state index contributed by atoms with van der Waals surface area (Å²) in [5.41, 5.74) is 4.57. The predicted molar refractivity (Wildman–Crippen MR) is 100 cm³/mol. The van der Waals surface area contributed by atoms with E-state index in [0.29, 0.717) is 12.1 Å². The number of methoxy groups -OCH3 is 1. The number of carbonyl (C=O) groups is 1. The minimum Gasteiger partial charge on any atom is -0.496 e. The van der Waals surface area contributed by atoms with Crippen LogP contribution in [0.4, 0.5) is 0 Å². The van der Waals surface area contributed by atoms with Crippen LogP contribution in [0.15, 0.2) is 42.5 Å². The maximum absolute atomic E-state index is 12.2. The Morgan fingerprint density at radius 2 is 2.00 bits per heavy atom. The summed E-state index contributed by atoms with van der Waals surface area (Å²) in [5.74, 6) is 0.789. The zero-order valence-corrected chi connectivity index (χ0v) is 15.0. The van der Waals surface area contributed by atoms with Crippen molar-refractivity contribution in [3.63, 3.8) is 0 Å². The van der Waals surface area contributed by atoms with E-state index in [-0.39, 0.29) is 5.91 Å². The number of rotatable bonds is 6. The first-order valence-corrected chi connectivity index (χ1v) is 8.89. The van der Waals surface area contributed by atoms with Gasteiger partial charge in [-0.1, -0.05) is 24.3 Å². The molecular formula is C21H26N2O2. The Hall–Kier alpha value is -2.33. The van der Waals surface area contributed by atoms with Crippen molar-refractivity contribution in [2.24, 2.45) is 0 Å². The second-order valence-corrected chi connectivity index (χ2v) is 6.59. The summed E-state index contributed by atoms with van der Waals surface area (Å²) in [4.78, 5) is 14.7. The van der Waals surface area contributed by atoms with Crippen LogP contribution in [0.5, 0.6) is 5.75 Å². The Morgan fingerprint density at radius 1 is 1.20 bits per heavy atom. The molecule has 2 aromatic carbocycles. The van der Waals surface area contributed by atoms with E-state index >= 15 is 0 Å². The lowest BCUT2D eigenvalue weighted by atomic mass is 10.00. The fourth-order valence-corrected chi connectivity index (χ4v) is 3.37. The number of benzene rings is 2. The van der Waals surface area contributed by atoms with Crippen LogP contribution >= 0.6 is 0 Å². The van der Waals surface area contributed by atoms with Gasteiger partial charge in [0.25, 0.3) is 5.91 Å². The molecular weight excluding hydrogens is 312 g/mol. The van der Waals surface area contributed by atoms with Gasteiger partial charge in [0, 0.05) is 31.7 Å². The molecule has 0 bridgehead atoms. The zero-order valence-electron chi connectivity index (χ0n) is 15.0. The van der Waals surface area contributed by atoms with Crippen molar-refractivity contribution >= 4 is 5.91 Å². The summed E-state index contributed by atoms with van der Waals surface area (Å²) in [6, 6.07) is 14.2. The first-order chi connectivity index (χ1) is 12.2. The van der Waals surface area contributed by atoms with E-state index in [1.165, 1.54) is 11.1 Å². The molecule has 1 heterocycles. The average Bonchev–Trinajstić information content (AvgIpc) is 2.64. The summed E-state index contributed by atoms with van der Waals surface area (Å²) in [6.45, 7) is 5.77. The number of nitrogens with one attached hydrogen (secondary N) is 1. The van der Waals surface area contributed by atoms with Crippen molar-refractivity contribution in [2.75, 3.05) is 26.7 Å². The summed E-state index contributed by atoms with van der Waals surface area (Å²) in [6.07, 6.45) is 2.08. The molecule has 0 radical (unpaired) electrons. The van der Waals surface area contributed by atoms with Crippen molar-refractivity contribution in [2.45, 2.75) is 26.3 Å². The van der Waals surface area contributed by atoms with Crippen LogP contribution < -0.4 is 10.1 Å². The Morgan fingerprint density at radius 3 is 2.76 bits per heavy atom. The Balaban J connectivity index is 1.43. The van der Waals surface area contributed by atoms with Gasteiger partial charge < -0.3 is 10.1 Å². The molecule has 0 aromatic heterocycles. The molecule has 4 nitrogen and oxygen atoms in total. The number of carbonyl (C=O) groups excluding carboxylic acids is 1. The maximum Gasteiger partial charge on any atom is 0.251 e. The van der Waals surface area contributed by atoms with E-state index in [2.05, 4.69) is 34.5 Å². The van der Waals surface area contributed by atoms with Crippen LogP contribution in [-0.4, -0.2) is 37.6 Å². The first-order valence-electron chi connectivity index (χ1n) is 8.89. The largest absolute Gasteiger partial charge is 0.496 e. The van der Waals surface area contributed by atoms with E-state index in [0.717, 1.165) is 43.8 Å². The second kappa shape index (κ2) is 8.17. The first kappa shape index (κ1) is 17.5. The minimum absolute atomic E-state index is 0.0188. The van der Waals surface area contributed by atoms with Gasteiger partial charge in [-0.3, -0.25) is 9.69 Å². The molecule has 25 heavy (non-hydrogen) atoms. The average molecular weight is 338 g/mol. The third kappa shape index (κ3) is 4.40. The van der Waals surface area contributed by atoms with Crippen molar-refractivity contribution in [1.29, 1.82) is 0 Å². The van der Waals surface area contributed by atoms with Gasteiger partial charge in [0.1, 0.15) is 5.75 Å². The monoisotopic (exact) mass is 338 g/mol. The number of nitrogens with zero attached hydrogens (tertiary/aromatic N) is 1. The predicted octanol–water partition coefficient (Wildman–Crippen LogP) is 3.18. The smallest absolute Gasteiger partial charge is 0.251 e. The highest BCUT2D eigenvalue weighted by atomic mass is 16.5. The molecule has 132 valence electrons. The van der Waals surface area contributed by atoms with Gasteiger partial charge in [-0.05, 0) is 54.7 Å². The van der Waals surface area contributed by atoms with Gasteiger partial charge in [-0.25, -0.2) is 0 Å². The highest BCUT2D eigenvalue weighted by Crippen LogP contribution is 2.19. The third-order valence-corrected chi connectivity index (χ3v) is 4.80. The molecule has 3 rings (SSSR count). The Labute approximate surface area is 149 Å². The van der Waals surface area contributed by atoms with Crippen molar-refractivity contribution in [3.05, 3.63) is 64.7 Å². The third-order valence-electron chi connectivity index (χ3n) is 4.80. The molecule has 0 saturated carbocycles. The molecule has 4 heteroatoms. The summed E-state index contributed by atoms with van der Waals surface area (Å²) in [5, 5.41) is 3.02. The molecule has 0 fully saturated rings.